The van der Waals surface area contributed by atoms with Gasteiger partial charge in [-0.2, -0.15) is 5.10 Å². The highest BCUT2D eigenvalue weighted by Crippen LogP contribution is 2.20. The van der Waals surface area contributed by atoms with Crippen molar-refractivity contribution < 1.29 is 0 Å². The Morgan fingerprint density at radius 1 is 1.50 bits per heavy atom. The van der Waals surface area contributed by atoms with E-state index in [0.29, 0.717) is 6.04 Å². The third-order valence-corrected chi connectivity index (χ3v) is 3.76. The second-order valence-corrected chi connectivity index (χ2v) is 5.70. The lowest BCUT2D eigenvalue weighted by Gasteiger charge is -2.32. The maximum atomic E-state index is 5.66. The molecule has 2 rings (SSSR count). The minimum Gasteiger partial charge on any atom is -0.330 e. The number of hydrogen-bond donors (Lipinski definition) is 1. The van der Waals surface area contributed by atoms with Crippen molar-refractivity contribution in [3.8, 4) is 0 Å². The van der Waals surface area contributed by atoms with Crippen LogP contribution in [0.25, 0.3) is 0 Å². The first-order chi connectivity index (χ1) is 8.69. The summed E-state index contributed by atoms with van der Waals surface area (Å²) in [6, 6.07) is 2.59. The molecule has 0 spiro atoms. The van der Waals surface area contributed by atoms with Crippen LogP contribution in [0.1, 0.15) is 44.8 Å². The number of likely N-dealkylation sites (tertiary alicyclic amines) is 1. The molecule has 1 atom stereocenters. The molecule has 4 nitrogen and oxygen atoms in total. The Kier molecular flexibility index (Phi) is 4.78. The summed E-state index contributed by atoms with van der Waals surface area (Å²) in [5, 5.41) is 4.63. The Balaban J connectivity index is 1.87. The number of nitrogens with two attached hydrogens (primary N) is 1. The van der Waals surface area contributed by atoms with Crippen LogP contribution in [0, 0.1) is 5.92 Å². The molecule has 2 N–H and O–H groups in total. The van der Waals surface area contributed by atoms with E-state index in [1.54, 1.807) is 0 Å². The summed E-state index contributed by atoms with van der Waals surface area (Å²) in [5.74, 6) is 0.788. The van der Waals surface area contributed by atoms with Gasteiger partial charge in [0.15, 0.2) is 0 Å². The first kappa shape index (κ1) is 13.6. The standard InChI is InChI=1S/C14H26N4/c1-12(2)18-9-6-14(16-18)11-17-8-3-4-13(10-17)5-7-15/h6,9,12-13H,3-5,7-8,10-11,15H2,1-2H3. The molecule has 4 heteroatoms. The zero-order valence-electron chi connectivity index (χ0n) is 11.7. The summed E-state index contributed by atoms with van der Waals surface area (Å²) in [6.07, 6.45) is 5.89. The van der Waals surface area contributed by atoms with Gasteiger partial charge in [0.25, 0.3) is 0 Å². The third-order valence-electron chi connectivity index (χ3n) is 3.76. The van der Waals surface area contributed by atoms with Crippen molar-refractivity contribution in [3.05, 3.63) is 18.0 Å². The molecule has 102 valence electrons. The van der Waals surface area contributed by atoms with Crippen LogP contribution in [0.5, 0.6) is 0 Å². The van der Waals surface area contributed by atoms with Crippen molar-refractivity contribution in [3.63, 3.8) is 0 Å². The fourth-order valence-electron chi connectivity index (χ4n) is 2.74. The molecule has 0 saturated carbocycles. The van der Waals surface area contributed by atoms with Crippen molar-refractivity contribution in [2.45, 2.75) is 45.7 Å². The monoisotopic (exact) mass is 250 g/mol. The minimum absolute atomic E-state index is 0.449. The maximum absolute atomic E-state index is 5.66. The van der Waals surface area contributed by atoms with E-state index in [0.717, 1.165) is 25.4 Å². The van der Waals surface area contributed by atoms with E-state index >= 15 is 0 Å². The van der Waals surface area contributed by atoms with Crippen LogP contribution in [0.2, 0.25) is 0 Å². The van der Waals surface area contributed by atoms with E-state index < -0.39 is 0 Å². The molecule has 0 bridgehead atoms. The predicted molar refractivity (Wildman–Crippen MR) is 74.3 cm³/mol. The summed E-state index contributed by atoms with van der Waals surface area (Å²) < 4.78 is 2.04. The fourth-order valence-corrected chi connectivity index (χ4v) is 2.74. The van der Waals surface area contributed by atoms with Crippen LogP contribution in [-0.2, 0) is 6.54 Å². The second kappa shape index (κ2) is 6.34. The van der Waals surface area contributed by atoms with Gasteiger partial charge in [0.05, 0.1) is 5.69 Å². The van der Waals surface area contributed by atoms with Gasteiger partial charge in [-0.1, -0.05) is 0 Å². The van der Waals surface area contributed by atoms with Crippen LogP contribution >= 0.6 is 0 Å². The molecule has 1 aromatic rings. The Morgan fingerprint density at radius 2 is 2.33 bits per heavy atom. The highest BCUT2D eigenvalue weighted by Gasteiger charge is 2.19. The summed E-state index contributed by atoms with van der Waals surface area (Å²) >= 11 is 0. The van der Waals surface area contributed by atoms with Crippen LogP contribution in [0.4, 0.5) is 0 Å². The topological polar surface area (TPSA) is 47.1 Å². The zero-order chi connectivity index (χ0) is 13.0. The van der Waals surface area contributed by atoms with Crippen molar-refractivity contribution >= 4 is 0 Å². The smallest absolute Gasteiger partial charge is 0.0764 e. The van der Waals surface area contributed by atoms with E-state index in [1.165, 1.54) is 31.6 Å². The van der Waals surface area contributed by atoms with Gasteiger partial charge in [0.2, 0.25) is 0 Å². The molecule has 0 amide bonds. The Morgan fingerprint density at radius 3 is 3.00 bits per heavy atom. The van der Waals surface area contributed by atoms with Crippen molar-refractivity contribution in [2.75, 3.05) is 19.6 Å². The first-order valence-corrected chi connectivity index (χ1v) is 7.15. The molecule has 2 heterocycles. The Hall–Kier alpha value is -0.870. The summed E-state index contributed by atoms with van der Waals surface area (Å²) in [5.41, 5.74) is 6.85. The Labute approximate surface area is 110 Å². The number of hydrogen-bond acceptors (Lipinski definition) is 3. The van der Waals surface area contributed by atoms with Gasteiger partial charge in [-0.3, -0.25) is 9.58 Å². The lowest BCUT2D eigenvalue weighted by molar-refractivity contribution is 0.161. The molecule has 0 aromatic carbocycles. The quantitative estimate of drug-likeness (QED) is 0.869. The van der Waals surface area contributed by atoms with Gasteiger partial charge < -0.3 is 5.73 Å². The lowest BCUT2D eigenvalue weighted by atomic mass is 9.95. The average Bonchev–Trinajstić information content (AvgIpc) is 2.78. The molecule has 1 aliphatic heterocycles. The van der Waals surface area contributed by atoms with Crippen molar-refractivity contribution in [2.24, 2.45) is 11.7 Å². The van der Waals surface area contributed by atoms with E-state index in [9.17, 15) is 0 Å². The predicted octanol–water partition coefficient (Wildman–Crippen LogP) is 2.02. The van der Waals surface area contributed by atoms with E-state index in [-0.39, 0.29) is 0 Å². The van der Waals surface area contributed by atoms with Gasteiger partial charge >= 0.3 is 0 Å². The lowest BCUT2D eigenvalue weighted by Crippen LogP contribution is -2.35. The van der Waals surface area contributed by atoms with Crippen LogP contribution in [-0.4, -0.2) is 34.3 Å². The van der Waals surface area contributed by atoms with E-state index in [4.69, 9.17) is 5.73 Å². The SMILES string of the molecule is CC(C)n1ccc(CN2CCCC(CCN)C2)n1. The maximum Gasteiger partial charge on any atom is 0.0764 e. The highest BCUT2D eigenvalue weighted by molar-refractivity contribution is 4.99. The molecular formula is C14H26N4. The minimum atomic E-state index is 0.449. The molecule has 1 unspecified atom stereocenters. The third kappa shape index (κ3) is 3.56. The zero-order valence-corrected chi connectivity index (χ0v) is 11.7. The van der Waals surface area contributed by atoms with E-state index in [1.807, 2.05) is 4.68 Å². The van der Waals surface area contributed by atoms with E-state index in [2.05, 4.69) is 36.1 Å². The molecule has 0 aliphatic carbocycles. The average molecular weight is 250 g/mol. The number of piperidine rings is 1. The number of nitrogens with zero attached hydrogens (tertiary/aromatic N) is 3. The normalized spacial score (nSPS) is 21.7. The summed E-state index contributed by atoms with van der Waals surface area (Å²) in [4.78, 5) is 2.52. The van der Waals surface area contributed by atoms with Crippen LogP contribution in [0.3, 0.4) is 0 Å². The van der Waals surface area contributed by atoms with Crippen molar-refractivity contribution in [1.82, 2.24) is 14.7 Å². The van der Waals surface area contributed by atoms with Gasteiger partial charge in [0, 0.05) is 25.3 Å². The van der Waals surface area contributed by atoms with Crippen molar-refractivity contribution in [1.29, 1.82) is 0 Å². The molecule has 0 radical (unpaired) electrons. The molecule has 1 saturated heterocycles. The summed E-state index contributed by atoms with van der Waals surface area (Å²) in [6.45, 7) is 8.52. The van der Waals surface area contributed by atoms with Gasteiger partial charge in [-0.15, -0.1) is 0 Å². The van der Waals surface area contributed by atoms with Gasteiger partial charge in [-0.05, 0) is 58.2 Å². The first-order valence-electron chi connectivity index (χ1n) is 7.15. The highest BCUT2D eigenvalue weighted by atomic mass is 15.3. The molecule has 18 heavy (non-hydrogen) atoms. The van der Waals surface area contributed by atoms with Crippen LogP contribution < -0.4 is 5.73 Å². The number of rotatable bonds is 5. The molecule has 1 fully saturated rings. The van der Waals surface area contributed by atoms with Gasteiger partial charge in [-0.25, -0.2) is 0 Å². The molecule has 1 aliphatic rings. The van der Waals surface area contributed by atoms with Gasteiger partial charge in [0.1, 0.15) is 0 Å². The number of aromatic nitrogens is 2. The molecule has 1 aromatic heterocycles. The van der Waals surface area contributed by atoms with Crippen LogP contribution in [0.15, 0.2) is 12.3 Å². The largest absolute Gasteiger partial charge is 0.330 e. The Bertz CT molecular complexity index is 356. The fraction of sp³-hybridized carbons (Fsp3) is 0.786. The summed E-state index contributed by atoms with van der Waals surface area (Å²) in [7, 11) is 0. The second-order valence-electron chi connectivity index (χ2n) is 5.70. The molecular weight excluding hydrogens is 224 g/mol.